The normalized spacial score (nSPS) is 14.3. The van der Waals surface area contributed by atoms with E-state index < -0.39 is 18.2 Å². The molecule has 0 saturated carbocycles. The lowest BCUT2D eigenvalue weighted by Gasteiger charge is -2.26. The van der Waals surface area contributed by atoms with E-state index in [2.05, 4.69) is 0 Å². The maximum atomic E-state index is 11.0. The van der Waals surface area contributed by atoms with E-state index in [1.807, 2.05) is 0 Å². The Morgan fingerprint density at radius 2 is 2.00 bits per heavy atom. The van der Waals surface area contributed by atoms with Gasteiger partial charge in [0.15, 0.2) is 0 Å². The summed E-state index contributed by atoms with van der Waals surface area (Å²) in [4.78, 5) is 11.0. The number of aliphatic hydroxyl groups excluding tert-OH is 1. The van der Waals surface area contributed by atoms with Gasteiger partial charge in [-0.15, -0.1) is 0 Å². The fraction of sp³-hybridized carbons (Fsp3) is 0.364. The van der Waals surface area contributed by atoms with E-state index in [9.17, 15) is 4.79 Å². The number of aliphatic hydroxyl groups is 1. The molecular formula is C11H14O4. The number of benzene rings is 1. The molecule has 0 fully saturated rings. The zero-order chi connectivity index (χ0) is 11.3. The van der Waals surface area contributed by atoms with E-state index in [4.69, 9.17) is 14.9 Å². The molecular weight excluding hydrogens is 196 g/mol. The highest BCUT2D eigenvalue weighted by Crippen LogP contribution is 2.21. The van der Waals surface area contributed by atoms with Crippen molar-refractivity contribution in [3.63, 3.8) is 0 Å². The lowest BCUT2D eigenvalue weighted by atomic mass is 10.0. The Balaban J connectivity index is 2.89. The lowest BCUT2D eigenvalue weighted by molar-refractivity contribution is -0.159. The van der Waals surface area contributed by atoms with Crippen LogP contribution in [-0.4, -0.2) is 28.4 Å². The molecule has 1 aromatic carbocycles. The predicted molar refractivity (Wildman–Crippen MR) is 54.8 cm³/mol. The first kappa shape index (κ1) is 11.5. The molecule has 15 heavy (non-hydrogen) atoms. The quantitative estimate of drug-likeness (QED) is 0.768. The molecule has 2 N–H and O–H groups in total. The smallest absolute Gasteiger partial charge is 0.350 e. The zero-order valence-corrected chi connectivity index (χ0v) is 8.51. The van der Waals surface area contributed by atoms with Gasteiger partial charge in [0.05, 0.1) is 6.61 Å². The number of ether oxygens (including phenoxy) is 1. The molecule has 0 spiro atoms. The first-order valence-corrected chi connectivity index (χ1v) is 4.73. The van der Waals surface area contributed by atoms with Gasteiger partial charge >= 0.3 is 5.97 Å². The van der Waals surface area contributed by atoms with E-state index in [-0.39, 0.29) is 6.42 Å². The van der Waals surface area contributed by atoms with E-state index >= 15 is 0 Å². The number of para-hydroxylation sites is 1. The molecule has 82 valence electrons. The number of carbonyl (C=O) groups is 1. The number of hydrogen-bond donors (Lipinski definition) is 2. The summed E-state index contributed by atoms with van der Waals surface area (Å²) in [6, 6.07) is 8.61. The highest BCUT2D eigenvalue weighted by Gasteiger charge is 2.38. The van der Waals surface area contributed by atoms with Gasteiger partial charge in [-0.3, -0.25) is 0 Å². The predicted octanol–water partition coefficient (Wildman–Crippen LogP) is 1.29. The lowest BCUT2D eigenvalue weighted by Crippen LogP contribution is -2.47. The highest BCUT2D eigenvalue weighted by atomic mass is 16.5. The molecule has 0 saturated heterocycles. The third kappa shape index (κ3) is 2.47. The van der Waals surface area contributed by atoms with Crippen LogP contribution in [0.15, 0.2) is 30.3 Å². The summed E-state index contributed by atoms with van der Waals surface area (Å²) in [6.45, 7) is 1.11. The summed E-state index contributed by atoms with van der Waals surface area (Å²) in [5, 5.41) is 18.1. The highest BCUT2D eigenvalue weighted by molar-refractivity contribution is 5.78. The van der Waals surface area contributed by atoms with Gasteiger partial charge in [0, 0.05) is 0 Å². The van der Waals surface area contributed by atoms with E-state index in [1.54, 1.807) is 37.3 Å². The molecule has 1 rings (SSSR count). The Morgan fingerprint density at radius 3 is 2.40 bits per heavy atom. The van der Waals surface area contributed by atoms with Gasteiger partial charge in [0.25, 0.3) is 0 Å². The second-order valence-electron chi connectivity index (χ2n) is 3.23. The van der Waals surface area contributed by atoms with Crippen LogP contribution in [0.2, 0.25) is 0 Å². The van der Waals surface area contributed by atoms with Crippen molar-refractivity contribution in [3.8, 4) is 5.75 Å². The number of hydrogen-bond acceptors (Lipinski definition) is 3. The van der Waals surface area contributed by atoms with Crippen LogP contribution in [-0.2, 0) is 4.79 Å². The Morgan fingerprint density at radius 1 is 1.40 bits per heavy atom. The standard InChI is InChI=1S/C11H14O4/c1-2-11(8-12,10(13)14)15-9-6-4-3-5-7-9/h3-7,12H,2,8H2,1H3,(H,13,14). The summed E-state index contributed by atoms with van der Waals surface area (Å²) < 4.78 is 5.31. The average molecular weight is 210 g/mol. The van der Waals surface area contributed by atoms with Crippen molar-refractivity contribution in [2.45, 2.75) is 18.9 Å². The third-order valence-electron chi connectivity index (χ3n) is 2.27. The van der Waals surface area contributed by atoms with Gasteiger partial charge in [-0.25, -0.2) is 4.79 Å². The van der Waals surface area contributed by atoms with Crippen LogP contribution in [0.5, 0.6) is 5.75 Å². The second kappa shape index (κ2) is 4.79. The fourth-order valence-electron chi connectivity index (χ4n) is 1.19. The third-order valence-corrected chi connectivity index (χ3v) is 2.27. The van der Waals surface area contributed by atoms with Crippen molar-refractivity contribution >= 4 is 5.97 Å². The van der Waals surface area contributed by atoms with Crippen molar-refractivity contribution in [2.75, 3.05) is 6.61 Å². The van der Waals surface area contributed by atoms with Crippen molar-refractivity contribution in [1.82, 2.24) is 0 Å². The molecule has 1 unspecified atom stereocenters. The first-order chi connectivity index (χ1) is 7.14. The number of rotatable bonds is 5. The second-order valence-corrected chi connectivity index (χ2v) is 3.23. The molecule has 1 atom stereocenters. The van der Waals surface area contributed by atoms with E-state index in [1.165, 1.54) is 0 Å². The summed E-state index contributed by atoms with van der Waals surface area (Å²) in [7, 11) is 0. The Kier molecular flexibility index (Phi) is 3.68. The Bertz CT molecular complexity index is 317. The monoisotopic (exact) mass is 210 g/mol. The van der Waals surface area contributed by atoms with Gasteiger partial charge in [0.1, 0.15) is 5.75 Å². The molecule has 4 nitrogen and oxygen atoms in total. The van der Waals surface area contributed by atoms with E-state index in [0.717, 1.165) is 0 Å². The Hall–Kier alpha value is -1.55. The van der Waals surface area contributed by atoms with Crippen LogP contribution >= 0.6 is 0 Å². The fourth-order valence-corrected chi connectivity index (χ4v) is 1.19. The van der Waals surface area contributed by atoms with Crippen LogP contribution in [0.4, 0.5) is 0 Å². The molecule has 0 aliphatic heterocycles. The van der Waals surface area contributed by atoms with E-state index in [0.29, 0.717) is 5.75 Å². The maximum absolute atomic E-state index is 11.0. The van der Waals surface area contributed by atoms with Gasteiger partial charge in [-0.2, -0.15) is 0 Å². The van der Waals surface area contributed by atoms with Crippen molar-refractivity contribution < 1.29 is 19.7 Å². The summed E-state index contributed by atoms with van der Waals surface area (Å²) in [5.41, 5.74) is -1.54. The van der Waals surface area contributed by atoms with Gasteiger partial charge < -0.3 is 14.9 Å². The molecule has 0 amide bonds. The van der Waals surface area contributed by atoms with Crippen molar-refractivity contribution in [1.29, 1.82) is 0 Å². The van der Waals surface area contributed by atoms with Crippen LogP contribution in [0.25, 0.3) is 0 Å². The van der Waals surface area contributed by atoms with Gasteiger partial charge in [0.2, 0.25) is 5.60 Å². The first-order valence-electron chi connectivity index (χ1n) is 4.73. The summed E-state index contributed by atoms with van der Waals surface area (Å²) in [5.74, 6) is -0.716. The molecule has 1 aromatic rings. The molecule has 0 heterocycles. The van der Waals surface area contributed by atoms with Gasteiger partial charge in [-0.05, 0) is 18.6 Å². The van der Waals surface area contributed by atoms with Crippen LogP contribution < -0.4 is 4.74 Å². The number of aliphatic carboxylic acids is 1. The summed E-state index contributed by atoms with van der Waals surface area (Å²) >= 11 is 0. The molecule has 0 aliphatic rings. The number of carboxylic acids is 1. The molecule has 0 radical (unpaired) electrons. The minimum Gasteiger partial charge on any atom is -0.478 e. The van der Waals surface area contributed by atoms with Crippen LogP contribution in [0, 0.1) is 0 Å². The molecule has 0 bridgehead atoms. The topological polar surface area (TPSA) is 66.8 Å². The molecule has 0 aromatic heterocycles. The SMILES string of the molecule is CCC(CO)(Oc1ccccc1)C(=O)O. The van der Waals surface area contributed by atoms with Crippen molar-refractivity contribution in [2.24, 2.45) is 0 Å². The van der Waals surface area contributed by atoms with Crippen LogP contribution in [0.3, 0.4) is 0 Å². The molecule has 0 aliphatic carbocycles. The minimum atomic E-state index is -1.54. The van der Waals surface area contributed by atoms with Crippen LogP contribution in [0.1, 0.15) is 13.3 Å². The maximum Gasteiger partial charge on any atom is 0.350 e. The van der Waals surface area contributed by atoms with Crippen molar-refractivity contribution in [3.05, 3.63) is 30.3 Å². The average Bonchev–Trinajstić information content (AvgIpc) is 2.27. The minimum absolute atomic E-state index is 0.202. The zero-order valence-electron chi connectivity index (χ0n) is 8.51. The Labute approximate surface area is 88.1 Å². The molecule has 4 heteroatoms. The number of carboxylic acid groups (broad SMARTS) is 1. The van der Waals surface area contributed by atoms with Gasteiger partial charge in [-0.1, -0.05) is 25.1 Å². The largest absolute Gasteiger partial charge is 0.478 e. The summed E-state index contributed by atoms with van der Waals surface area (Å²) in [6.07, 6.45) is 0.202.